The van der Waals surface area contributed by atoms with E-state index in [0.717, 1.165) is 38.5 Å². The minimum absolute atomic E-state index is 0. The number of rotatable bonds is 1. The third kappa shape index (κ3) is 2.64. The third-order valence-electron chi connectivity index (χ3n) is 9.05. The maximum atomic E-state index is 10.7. The molecule has 0 aliphatic heterocycles. The van der Waals surface area contributed by atoms with Gasteiger partial charge in [-0.05, 0) is 80.6 Å². The fourth-order valence-corrected chi connectivity index (χ4v) is 8.75. The molecule has 0 saturated heterocycles. The van der Waals surface area contributed by atoms with E-state index in [1.54, 1.807) is 0 Å². The summed E-state index contributed by atoms with van der Waals surface area (Å²) in [7, 11) is 1.98. The van der Waals surface area contributed by atoms with Gasteiger partial charge in [0.15, 0.2) is 0 Å². The Labute approximate surface area is 174 Å². The summed E-state index contributed by atoms with van der Waals surface area (Å²) in [5.41, 5.74) is 0.121. The second kappa shape index (κ2) is 6.92. The second-order valence-electron chi connectivity index (χ2n) is 9.87. The summed E-state index contributed by atoms with van der Waals surface area (Å²) in [6, 6.07) is 0.177. The number of likely N-dealkylation sites (N-methyl/N-ethyl adjacent to an activating group) is 1. The number of nitrogens with one attached hydrogen (secondary N) is 1. The quantitative estimate of drug-likeness (QED) is 0.556. The molecule has 26 heavy (non-hydrogen) atoms. The van der Waals surface area contributed by atoms with Crippen molar-refractivity contribution in [2.24, 2.45) is 28.6 Å². The molecule has 152 valence electrons. The van der Waals surface area contributed by atoms with Crippen LogP contribution in [-0.2, 0) is 0 Å². The lowest BCUT2D eigenvalue weighted by Crippen LogP contribution is -2.65. The minimum atomic E-state index is -0.499. The van der Waals surface area contributed by atoms with Crippen molar-refractivity contribution in [2.75, 3.05) is 7.05 Å². The van der Waals surface area contributed by atoms with Crippen molar-refractivity contribution in [1.29, 1.82) is 0 Å². The smallest absolute Gasteiger partial charge is 0.0701 e. The number of hydrogen-bond acceptors (Lipinski definition) is 3. The van der Waals surface area contributed by atoms with E-state index >= 15 is 0 Å². The predicted molar refractivity (Wildman–Crippen MR) is 109 cm³/mol. The zero-order valence-electron chi connectivity index (χ0n) is 16.0. The third-order valence-corrected chi connectivity index (χ3v) is 10.6. The van der Waals surface area contributed by atoms with Crippen molar-refractivity contribution in [1.82, 2.24) is 5.32 Å². The Morgan fingerprint density at radius 2 is 1.73 bits per heavy atom. The molecule has 3 nitrogen and oxygen atoms in total. The van der Waals surface area contributed by atoms with Gasteiger partial charge in [0, 0.05) is 6.04 Å². The Bertz CT molecular complexity index is 551. The van der Waals surface area contributed by atoms with E-state index in [4.69, 9.17) is 23.2 Å². The van der Waals surface area contributed by atoms with Crippen LogP contribution >= 0.6 is 35.6 Å². The molecular formula is C20H34Cl3NO2. The van der Waals surface area contributed by atoms with Crippen molar-refractivity contribution in [3.8, 4) is 0 Å². The average Bonchev–Trinajstić information content (AvgIpc) is 2.80. The molecule has 4 aliphatic carbocycles. The van der Waals surface area contributed by atoms with Crippen LogP contribution in [-0.4, -0.2) is 45.8 Å². The van der Waals surface area contributed by atoms with Gasteiger partial charge in [-0.3, -0.25) is 0 Å². The summed E-state index contributed by atoms with van der Waals surface area (Å²) in [5.74, 6) is 1.58. The van der Waals surface area contributed by atoms with E-state index in [2.05, 4.69) is 19.2 Å². The topological polar surface area (TPSA) is 52.5 Å². The molecule has 4 rings (SSSR count). The fourth-order valence-electron chi connectivity index (χ4n) is 7.70. The first kappa shape index (κ1) is 21.5. The summed E-state index contributed by atoms with van der Waals surface area (Å²) in [5, 5.41) is 24.2. The van der Waals surface area contributed by atoms with Gasteiger partial charge in [0.1, 0.15) is 0 Å². The first-order valence-corrected chi connectivity index (χ1v) is 10.8. The first-order chi connectivity index (χ1) is 11.7. The van der Waals surface area contributed by atoms with Crippen LogP contribution in [0.5, 0.6) is 0 Å². The standard InChI is InChI=1S/C20H33Cl2NO2.ClH/c1-18-6-5-13-12(14(18)9-15(25)17(18)23-3)8-16(21)20(22)10-11(24)4-7-19(13,20)2;/h11-17,23-25H,4-10H2,1-3H3;1H/t11?,12-,13-,14+,15?,16?,17?,18+,19-,20?;/m1./s1. The van der Waals surface area contributed by atoms with Gasteiger partial charge in [0.2, 0.25) is 0 Å². The number of fused-ring (bicyclic) bond motifs is 5. The molecule has 0 bridgehead atoms. The lowest BCUT2D eigenvalue weighted by atomic mass is 9.44. The van der Waals surface area contributed by atoms with Crippen LogP contribution < -0.4 is 5.32 Å². The molecule has 4 aliphatic rings. The van der Waals surface area contributed by atoms with E-state index in [1.165, 1.54) is 0 Å². The fraction of sp³-hybridized carbons (Fsp3) is 1.00. The van der Waals surface area contributed by atoms with E-state index in [0.29, 0.717) is 24.2 Å². The van der Waals surface area contributed by atoms with Gasteiger partial charge in [-0.1, -0.05) is 13.8 Å². The Hall–Kier alpha value is 0.750. The normalized spacial score (nSPS) is 59.0. The number of hydrogen-bond donors (Lipinski definition) is 3. The average molecular weight is 427 g/mol. The molecule has 5 unspecified atom stereocenters. The number of alkyl halides is 2. The highest BCUT2D eigenvalue weighted by atomic mass is 35.5. The van der Waals surface area contributed by atoms with Crippen LogP contribution in [0.25, 0.3) is 0 Å². The van der Waals surface area contributed by atoms with Gasteiger partial charge in [-0.25, -0.2) is 0 Å². The largest absolute Gasteiger partial charge is 0.393 e. The van der Waals surface area contributed by atoms with Gasteiger partial charge in [0.05, 0.1) is 22.5 Å². The number of aliphatic hydroxyl groups is 2. The van der Waals surface area contributed by atoms with Crippen molar-refractivity contribution >= 4 is 35.6 Å². The van der Waals surface area contributed by atoms with Crippen molar-refractivity contribution in [2.45, 2.75) is 87.3 Å². The van der Waals surface area contributed by atoms with Crippen LogP contribution in [0.2, 0.25) is 0 Å². The van der Waals surface area contributed by atoms with Gasteiger partial charge in [-0.2, -0.15) is 0 Å². The lowest BCUT2D eigenvalue weighted by Gasteiger charge is -2.65. The van der Waals surface area contributed by atoms with E-state index < -0.39 is 4.87 Å². The van der Waals surface area contributed by atoms with Crippen LogP contribution in [0.15, 0.2) is 0 Å². The van der Waals surface area contributed by atoms with Gasteiger partial charge >= 0.3 is 0 Å². The summed E-state index contributed by atoms with van der Waals surface area (Å²) < 4.78 is 0. The van der Waals surface area contributed by atoms with E-state index in [9.17, 15) is 10.2 Å². The highest BCUT2D eigenvalue weighted by molar-refractivity contribution is 6.33. The first-order valence-electron chi connectivity index (χ1n) is 10.0. The monoisotopic (exact) mass is 425 g/mol. The second-order valence-corrected chi connectivity index (χ2v) is 11.1. The summed E-state index contributed by atoms with van der Waals surface area (Å²) in [6.45, 7) is 4.70. The molecule has 4 fully saturated rings. The number of aliphatic hydroxyl groups excluding tert-OH is 2. The van der Waals surface area contributed by atoms with Crippen LogP contribution in [0.1, 0.15) is 58.8 Å². The maximum absolute atomic E-state index is 10.7. The summed E-state index contributed by atoms with van der Waals surface area (Å²) >= 11 is 14.1. The molecule has 0 heterocycles. The van der Waals surface area contributed by atoms with Crippen molar-refractivity contribution in [3.05, 3.63) is 0 Å². The molecule has 4 saturated carbocycles. The predicted octanol–water partition coefficient (Wildman–Crippen LogP) is 3.95. The molecule has 0 aromatic rings. The SMILES string of the molecule is CNC1C(O)C[C@H]2[C@@H]3CC(Cl)C4(Cl)CC(O)CC[C@]4(C)[C@@H]3CC[C@]12C.Cl. The molecule has 0 radical (unpaired) electrons. The molecule has 3 N–H and O–H groups in total. The molecule has 0 aromatic heterocycles. The highest BCUT2D eigenvalue weighted by Crippen LogP contribution is 2.69. The van der Waals surface area contributed by atoms with Crippen molar-refractivity contribution < 1.29 is 10.2 Å². The summed E-state index contributed by atoms with van der Waals surface area (Å²) in [6.07, 6.45) is 5.92. The molecule has 0 spiro atoms. The molecule has 0 aromatic carbocycles. The van der Waals surface area contributed by atoms with Crippen LogP contribution in [0.3, 0.4) is 0 Å². The van der Waals surface area contributed by atoms with E-state index in [-0.39, 0.29) is 46.9 Å². The number of halogens is 3. The Morgan fingerprint density at radius 3 is 2.38 bits per heavy atom. The molecule has 6 heteroatoms. The lowest BCUT2D eigenvalue weighted by molar-refractivity contribution is -0.110. The van der Waals surface area contributed by atoms with Crippen LogP contribution in [0, 0.1) is 28.6 Å². The van der Waals surface area contributed by atoms with E-state index in [1.807, 2.05) is 7.05 Å². The van der Waals surface area contributed by atoms with Gasteiger partial charge in [-0.15, -0.1) is 35.6 Å². The zero-order chi connectivity index (χ0) is 18.2. The van der Waals surface area contributed by atoms with Crippen LogP contribution in [0.4, 0.5) is 0 Å². The van der Waals surface area contributed by atoms with Gasteiger partial charge < -0.3 is 15.5 Å². The Kier molecular flexibility index (Phi) is 5.71. The Morgan fingerprint density at radius 1 is 1.04 bits per heavy atom. The zero-order valence-corrected chi connectivity index (χ0v) is 18.4. The molecule has 0 amide bonds. The van der Waals surface area contributed by atoms with Crippen molar-refractivity contribution in [3.63, 3.8) is 0 Å². The summed E-state index contributed by atoms with van der Waals surface area (Å²) in [4.78, 5) is -0.499. The van der Waals surface area contributed by atoms with Gasteiger partial charge in [0.25, 0.3) is 0 Å². The maximum Gasteiger partial charge on any atom is 0.0701 e. The minimum Gasteiger partial charge on any atom is -0.393 e. The highest BCUT2D eigenvalue weighted by Gasteiger charge is 2.67. The Balaban J connectivity index is 0.00000196. The molecule has 10 atom stereocenters. The molecular weight excluding hydrogens is 393 g/mol.